The van der Waals surface area contributed by atoms with Crippen LogP contribution in [0.25, 0.3) is 0 Å². The van der Waals surface area contributed by atoms with Gasteiger partial charge in [-0.1, -0.05) is 36.7 Å². The van der Waals surface area contributed by atoms with Crippen molar-refractivity contribution in [2.45, 2.75) is 75.1 Å². The van der Waals surface area contributed by atoms with Gasteiger partial charge in [0, 0.05) is 74.7 Å². The van der Waals surface area contributed by atoms with Crippen molar-refractivity contribution in [3.05, 3.63) is 70.3 Å². The van der Waals surface area contributed by atoms with E-state index in [9.17, 15) is 13.8 Å². The van der Waals surface area contributed by atoms with Crippen molar-refractivity contribution in [3.63, 3.8) is 0 Å². The Morgan fingerprint density at radius 1 is 1.16 bits per heavy atom. The molecule has 10 nitrogen and oxygen atoms in total. The molecule has 0 radical (unpaired) electrons. The zero-order valence-corrected chi connectivity index (χ0v) is 34.6. The summed E-state index contributed by atoms with van der Waals surface area (Å²) in [6.45, 7) is 10.5. The number of likely N-dealkylation sites (N-methyl/N-ethyl adjacent to an activating group) is 1. The van der Waals surface area contributed by atoms with Gasteiger partial charge in [-0.25, -0.2) is 4.21 Å². The number of aryl methyl sites for hydroxylation is 1. The minimum Gasteiger partial charge on any atom is -0.490 e. The van der Waals surface area contributed by atoms with Crippen LogP contribution < -0.4 is 14.4 Å². The highest BCUT2D eigenvalue weighted by molar-refractivity contribution is 7.99. The number of amides is 2. The van der Waals surface area contributed by atoms with Crippen molar-refractivity contribution in [2.75, 3.05) is 78.1 Å². The van der Waals surface area contributed by atoms with Crippen LogP contribution in [0.15, 0.2) is 48.6 Å². The summed E-state index contributed by atoms with van der Waals surface area (Å²) < 4.78 is 35.7. The van der Waals surface area contributed by atoms with Gasteiger partial charge in [0.15, 0.2) is 0 Å². The third-order valence-corrected chi connectivity index (χ3v) is 15.9. The highest BCUT2D eigenvalue weighted by Crippen LogP contribution is 2.50. The van der Waals surface area contributed by atoms with E-state index in [0.717, 1.165) is 81.4 Å². The summed E-state index contributed by atoms with van der Waals surface area (Å²) >= 11 is 6.51. The lowest BCUT2D eigenvalue weighted by molar-refractivity contribution is -0.141. The predicted molar refractivity (Wildman–Crippen MR) is 221 cm³/mol. The summed E-state index contributed by atoms with van der Waals surface area (Å²) in [7, 11) is 0.617. The van der Waals surface area contributed by atoms with Crippen LogP contribution >= 0.6 is 11.6 Å². The van der Waals surface area contributed by atoms with Crippen molar-refractivity contribution < 1.29 is 28.0 Å². The van der Waals surface area contributed by atoms with Crippen LogP contribution in [0.3, 0.4) is 0 Å². The van der Waals surface area contributed by atoms with Crippen LogP contribution in [0.4, 0.5) is 5.69 Å². The molecule has 2 bridgehead atoms. The Kier molecular flexibility index (Phi) is 12.0. The molecule has 1 N–H and O–H groups in total. The largest absolute Gasteiger partial charge is 0.490 e. The highest BCUT2D eigenvalue weighted by Gasteiger charge is 2.50. The number of carbonyl (C=O) groups is 2. The maximum Gasteiger partial charge on any atom is 0.262 e. The van der Waals surface area contributed by atoms with Crippen LogP contribution in [0, 0.1) is 17.8 Å². The molecule has 3 heterocycles. The van der Waals surface area contributed by atoms with E-state index in [1.165, 1.54) is 11.1 Å². The van der Waals surface area contributed by atoms with E-state index in [-0.39, 0.29) is 35.5 Å². The van der Waals surface area contributed by atoms with Gasteiger partial charge in [0.05, 0.1) is 47.2 Å². The van der Waals surface area contributed by atoms with E-state index in [1.54, 1.807) is 13.2 Å². The average Bonchev–Trinajstić information content (AvgIpc) is 3.31. The number of benzene rings is 2. The number of halogens is 1. The summed E-state index contributed by atoms with van der Waals surface area (Å²) in [4.78, 5) is 34.6. The van der Waals surface area contributed by atoms with Gasteiger partial charge >= 0.3 is 0 Å². The molecule has 2 aromatic carbocycles. The molecule has 1 saturated heterocycles. The smallest absolute Gasteiger partial charge is 0.262 e. The lowest BCUT2D eigenvalue weighted by Crippen LogP contribution is -2.54. The number of allylic oxidation sites excluding steroid dienone is 1. The van der Waals surface area contributed by atoms with Gasteiger partial charge in [0.2, 0.25) is 5.91 Å². The van der Waals surface area contributed by atoms with Gasteiger partial charge in [0.25, 0.3) is 5.91 Å². The number of ether oxygens (including phenoxy) is 3. The number of fused-ring (bicyclic) bond motifs is 4. The fourth-order valence-corrected chi connectivity index (χ4v) is 11.2. The van der Waals surface area contributed by atoms with E-state index in [2.05, 4.69) is 44.7 Å². The van der Waals surface area contributed by atoms with Crippen molar-refractivity contribution in [2.24, 2.45) is 17.8 Å². The Morgan fingerprint density at radius 3 is 2.71 bits per heavy atom. The first-order chi connectivity index (χ1) is 26.3. The topological polar surface area (TPSA) is 101 Å². The Balaban J connectivity index is 1.25. The Bertz CT molecular complexity index is 1880. The monoisotopic (exact) mass is 794 g/mol. The number of anilines is 1. The van der Waals surface area contributed by atoms with Gasteiger partial charge in [-0.2, -0.15) is 0 Å². The van der Waals surface area contributed by atoms with E-state index in [4.69, 9.17) is 25.8 Å². The fraction of sp³-hybridized carbons (Fsp3) is 0.605. The first kappa shape index (κ1) is 40.1. The lowest BCUT2D eigenvalue weighted by atomic mass is 9.62. The molecule has 3 aliphatic heterocycles. The molecule has 1 unspecified atom stereocenters. The first-order valence-electron chi connectivity index (χ1n) is 20.1. The van der Waals surface area contributed by atoms with Crippen LogP contribution in [0.1, 0.15) is 73.9 Å². The number of hydrogen-bond donors (Lipinski definition) is 1. The Morgan fingerprint density at radius 2 is 1.96 bits per heavy atom. The number of rotatable bonds is 6. The molecule has 0 aromatic heterocycles. The van der Waals surface area contributed by atoms with Gasteiger partial charge in [0.1, 0.15) is 5.75 Å². The van der Waals surface area contributed by atoms with Crippen LogP contribution in [0.2, 0.25) is 5.02 Å². The molecule has 7 rings (SSSR count). The number of morpholine rings is 1. The third-order valence-electron chi connectivity index (χ3n) is 13.5. The van der Waals surface area contributed by atoms with E-state index in [1.807, 2.05) is 44.0 Å². The second kappa shape index (κ2) is 16.4. The second-order valence-electron chi connectivity index (χ2n) is 16.8. The molecule has 2 amide bonds. The quantitative estimate of drug-likeness (QED) is 0.292. The first-order valence-corrected chi connectivity index (χ1v) is 22.3. The molecule has 12 heteroatoms. The normalized spacial score (nSPS) is 33.3. The maximum atomic E-state index is 14.1. The molecule has 1 spiro atoms. The maximum absolute atomic E-state index is 14.1. The molecule has 2 fully saturated rings. The predicted octanol–water partition coefficient (Wildman–Crippen LogP) is 5.75. The molecule has 1 saturated carbocycles. The summed E-state index contributed by atoms with van der Waals surface area (Å²) in [6, 6.07) is 11.8. The molecule has 55 heavy (non-hydrogen) atoms. The highest BCUT2D eigenvalue weighted by atomic mass is 35.5. The van der Waals surface area contributed by atoms with Crippen molar-refractivity contribution in [3.8, 4) is 5.75 Å². The summed E-state index contributed by atoms with van der Waals surface area (Å²) in [5.74, 6) is 4.65. The number of hydrogen-bond acceptors (Lipinski definition) is 8. The summed E-state index contributed by atoms with van der Waals surface area (Å²) in [6.07, 6.45) is 9.93. The molecule has 2 aliphatic carbocycles. The number of nitrogens with one attached hydrogen (secondary N) is 1. The van der Waals surface area contributed by atoms with E-state index < -0.39 is 26.5 Å². The van der Waals surface area contributed by atoms with Gasteiger partial charge in [-0.3, -0.25) is 19.2 Å². The zero-order valence-electron chi connectivity index (χ0n) is 33.0. The lowest BCUT2D eigenvalue weighted by Gasteiger charge is -2.50. The Hall–Kier alpha value is -3.09. The van der Waals surface area contributed by atoms with Crippen molar-refractivity contribution >= 4 is 44.7 Å². The molecule has 7 atom stereocenters. The second-order valence-corrected chi connectivity index (χ2v) is 19.7. The minimum absolute atomic E-state index is 0.0549. The summed E-state index contributed by atoms with van der Waals surface area (Å²) in [5, 5.41) is 0.332. The van der Waals surface area contributed by atoms with E-state index in [0.29, 0.717) is 38.2 Å². The molecular weight excluding hydrogens is 736 g/mol. The molecule has 5 aliphatic rings. The third kappa shape index (κ3) is 8.33. The summed E-state index contributed by atoms with van der Waals surface area (Å²) in [5.41, 5.74) is 2.68. The number of carbonyl (C=O) groups excluding carboxylic acids is 2. The van der Waals surface area contributed by atoms with Gasteiger partial charge in [-0.15, -0.1) is 0 Å². The fourth-order valence-electron chi connectivity index (χ4n) is 9.54. The minimum atomic E-state index is -3.02. The van der Waals surface area contributed by atoms with Crippen LogP contribution in [-0.4, -0.2) is 116 Å². The van der Waals surface area contributed by atoms with Crippen molar-refractivity contribution in [1.29, 1.82) is 0 Å². The SMILES string of the molecule is C=S1(=O)NC(=O)c2ccc3c(c2)N(C[C@@H]2CC[C@H]2[C@@](CC(=O)N(C)CCN2CCOCC2)(OC)/C=C/C[C@H](C)[C@H]1C)C[C@@]1(CCCc2cc(Cl)ccc21)CO3. The molecule has 300 valence electrons. The van der Waals surface area contributed by atoms with Crippen LogP contribution in [-0.2, 0) is 35.8 Å². The number of methoxy groups -OCH3 is 1. The van der Waals surface area contributed by atoms with Gasteiger partial charge in [-0.05, 0) is 111 Å². The van der Waals surface area contributed by atoms with E-state index >= 15 is 0 Å². The average molecular weight is 795 g/mol. The molecule has 2 aromatic rings. The zero-order chi connectivity index (χ0) is 39.0. The van der Waals surface area contributed by atoms with Crippen LogP contribution in [0.5, 0.6) is 5.75 Å². The molecular formula is C43H59ClN4O6S. The van der Waals surface area contributed by atoms with Gasteiger partial charge < -0.3 is 24.0 Å². The number of nitrogens with zero attached hydrogens (tertiary/aromatic N) is 3. The standard InChI is InChI=1S/C43H59ClN4O6S/c1-30-8-6-17-43(52-4,26-40(49)46(3)18-19-47-20-22-53-23-21-47)37-13-10-34(37)27-48-28-42(16-7-9-32-24-35(44)12-14-36(32)42)29-54-39-15-11-33(25-38(39)48)41(50)45-55(5,51)31(30)2/h6,11-12,14-15,17,24-25,30-31,34,37H,5,7-10,13,16,18-23,26-29H2,1-4H3,(H,45,50,51)/b17-6+/t30-,31+,34-,37+,42-,43+,55?/m0/s1. The Labute approximate surface area is 333 Å². The van der Waals surface area contributed by atoms with Crippen molar-refractivity contribution in [1.82, 2.24) is 14.5 Å².